The van der Waals surface area contributed by atoms with Crippen LogP contribution in [-0.4, -0.2) is 18.9 Å². The minimum absolute atomic E-state index is 0.0579. The molecule has 0 spiro atoms. The van der Waals surface area contributed by atoms with Gasteiger partial charge in [-0.15, -0.1) is 0 Å². The summed E-state index contributed by atoms with van der Waals surface area (Å²) in [5, 5.41) is 6.99. The average Bonchev–Trinajstić information content (AvgIpc) is 3.07. The Morgan fingerprint density at radius 3 is 1.67 bits per heavy atom. The van der Waals surface area contributed by atoms with Crippen molar-refractivity contribution >= 4 is 11.8 Å². The zero-order chi connectivity index (χ0) is 11.7. The van der Waals surface area contributed by atoms with Crippen LogP contribution < -0.4 is 5.73 Å². The van der Waals surface area contributed by atoms with Gasteiger partial charge in [-0.3, -0.25) is 10.2 Å². The van der Waals surface area contributed by atoms with Gasteiger partial charge >= 0.3 is 5.97 Å². The van der Waals surface area contributed by atoms with Crippen LogP contribution in [0.15, 0.2) is 0 Å². The van der Waals surface area contributed by atoms with Gasteiger partial charge in [0.25, 0.3) is 0 Å². The fraction of sp³-hybridized carbons (Fsp3) is 0.818. The molecule has 2 aliphatic carbocycles. The second-order valence-electron chi connectivity index (χ2n) is 5.03. The molecule has 2 aliphatic rings. The number of hydrogen-bond donors (Lipinski definition) is 2. The molecule has 2 saturated carbocycles. The van der Waals surface area contributed by atoms with E-state index in [4.69, 9.17) is 11.1 Å². The van der Waals surface area contributed by atoms with Gasteiger partial charge in [0, 0.05) is 5.41 Å². The molecule has 0 heterocycles. The SMILES string of the molecule is CC1(C(=N)N)CC1.COC(=O)C1(C)CC1. The smallest absolute Gasteiger partial charge is 0.311 e. The lowest BCUT2D eigenvalue weighted by Gasteiger charge is -2.01. The third-order valence-electron chi connectivity index (χ3n) is 3.33. The number of esters is 1. The number of amidine groups is 1. The van der Waals surface area contributed by atoms with Gasteiger partial charge in [0.05, 0.1) is 18.4 Å². The summed E-state index contributed by atoms with van der Waals surface area (Å²) in [4.78, 5) is 10.7. The highest BCUT2D eigenvalue weighted by Crippen LogP contribution is 2.45. The molecule has 0 amide bonds. The maximum absolute atomic E-state index is 10.7. The Balaban J connectivity index is 0.000000151. The Morgan fingerprint density at radius 1 is 1.20 bits per heavy atom. The molecule has 86 valence electrons. The summed E-state index contributed by atoms with van der Waals surface area (Å²) in [5.41, 5.74) is 5.22. The van der Waals surface area contributed by atoms with Crippen molar-refractivity contribution in [3.8, 4) is 0 Å². The van der Waals surface area contributed by atoms with Crippen molar-refractivity contribution < 1.29 is 9.53 Å². The van der Waals surface area contributed by atoms with E-state index in [1.807, 2.05) is 13.8 Å². The number of carbonyl (C=O) groups excluding carboxylic acids is 1. The molecule has 0 aromatic rings. The minimum atomic E-state index is -0.102. The van der Waals surface area contributed by atoms with Crippen LogP contribution in [0.3, 0.4) is 0 Å². The van der Waals surface area contributed by atoms with E-state index in [9.17, 15) is 4.79 Å². The van der Waals surface area contributed by atoms with Crippen molar-refractivity contribution in [1.29, 1.82) is 5.41 Å². The van der Waals surface area contributed by atoms with Gasteiger partial charge in [-0.2, -0.15) is 0 Å². The fourth-order valence-corrected chi connectivity index (χ4v) is 1.09. The van der Waals surface area contributed by atoms with Crippen LogP contribution in [0.2, 0.25) is 0 Å². The normalized spacial score (nSPS) is 23.1. The number of nitrogens with one attached hydrogen (secondary N) is 1. The Labute approximate surface area is 90.7 Å². The molecule has 2 rings (SSSR count). The molecule has 0 atom stereocenters. The maximum atomic E-state index is 10.7. The molecule has 0 saturated heterocycles. The average molecular weight is 212 g/mol. The highest BCUT2D eigenvalue weighted by Gasteiger charge is 2.46. The van der Waals surface area contributed by atoms with Crippen LogP contribution in [0.4, 0.5) is 0 Å². The highest BCUT2D eigenvalue weighted by molar-refractivity contribution is 5.85. The zero-order valence-corrected chi connectivity index (χ0v) is 9.72. The van der Waals surface area contributed by atoms with Crippen molar-refractivity contribution in [3.05, 3.63) is 0 Å². The van der Waals surface area contributed by atoms with E-state index in [-0.39, 0.29) is 16.8 Å². The first kappa shape index (κ1) is 12.0. The summed E-state index contributed by atoms with van der Waals surface area (Å²) < 4.78 is 4.54. The molecule has 0 aromatic carbocycles. The van der Waals surface area contributed by atoms with Crippen molar-refractivity contribution in [3.63, 3.8) is 0 Å². The van der Waals surface area contributed by atoms with E-state index in [0.29, 0.717) is 5.84 Å². The molecule has 0 unspecified atom stereocenters. The summed E-state index contributed by atoms with van der Waals surface area (Å²) in [6, 6.07) is 0. The highest BCUT2D eigenvalue weighted by atomic mass is 16.5. The maximum Gasteiger partial charge on any atom is 0.311 e. The topological polar surface area (TPSA) is 76.2 Å². The van der Waals surface area contributed by atoms with Crippen LogP contribution in [0, 0.1) is 16.2 Å². The monoisotopic (exact) mass is 212 g/mol. The van der Waals surface area contributed by atoms with Gasteiger partial charge < -0.3 is 10.5 Å². The van der Waals surface area contributed by atoms with E-state index < -0.39 is 0 Å². The second-order valence-corrected chi connectivity index (χ2v) is 5.03. The Bertz CT molecular complexity index is 278. The first-order valence-corrected chi connectivity index (χ1v) is 5.27. The molecule has 4 heteroatoms. The van der Waals surface area contributed by atoms with Gasteiger partial charge in [0.2, 0.25) is 0 Å². The van der Waals surface area contributed by atoms with Crippen LogP contribution in [0.1, 0.15) is 39.5 Å². The van der Waals surface area contributed by atoms with Crippen molar-refractivity contribution in [2.75, 3.05) is 7.11 Å². The summed E-state index contributed by atoms with van der Waals surface area (Å²) in [6.45, 7) is 3.95. The lowest BCUT2D eigenvalue weighted by atomic mass is 10.1. The molecule has 2 fully saturated rings. The predicted molar refractivity (Wildman–Crippen MR) is 58.6 cm³/mol. The number of nitrogens with two attached hydrogens (primary N) is 1. The summed E-state index contributed by atoms with van der Waals surface area (Å²) in [7, 11) is 1.44. The third-order valence-corrected chi connectivity index (χ3v) is 3.33. The molecular weight excluding hydrogens is 192 g/mol. The summed E-state index contributed by atoms with van der Waals surface area (Å²) >= 11 is 0. The minimum Gasteiger partial charge on any atom is -0.469 e. The van der Waals surface area contributed by atoms with Gasteiger partial charge in [0.1, 0.15) is 0 Å². The zero-order valence-electron chi connectivity index (χ0n) is 9.72. The van der Waals surface area contributed by atoms with E-state index in [0.717, 1.165) is 25.7 Å². The predicted octanol–water partition coefficient (Wildman–Crippen LogP) is 1.68. The quantitative estimate of drug-likeness (QED) is 0.415. The molecule has 0 aliphatic heterocycles. The van der Waals surface area contributed by atoms with Gasteiger partial charge in [-0.05, 0) is 32.6 Å². The number of ether oxygens (including phenoxy) is 1. The van der Waals surface area contributed by atoms with Gasteiger partial charge in [-0.1, -0.05) is 6.92 Å². The third kappa shape index (κ3) is 2.94. The van der Waals surface area contributed by atoms with Crippen LogP contribution in [-0.2, 0) is 9.53 Å². The number of carbonyl (C=O) groups is 1. The van der Waals surface area contributed by atoms with Gasteiger partial charge in [0.15, 0.2) is 0 Å². The molecule has 0 radical (unpaired) electrons. The van der Waals surface area contributed by atoms with Crippen molar-refractivity contribution in [1.82, 2.24) is 0 Å². The summed E-state index contributed by atoms with van der Waals surface area (Å²) in [5.74, 6) is 0.296. The van der Waals surface area contributed by atoms with Crippen LogP contribution in [0.5, 0.6) is 0 Å². The molecule has 4 nitrogen and oxygen atoms in total. The number of methoxy groups -OCH3 is 1. The van der Waals surface area contributed by atoms with Crippen LogP contribution in [0.25, 0.3) is 0 Å². The molecular formula is C11H20N2O2. The first-order chi connectivity index (χ1) is 6.84. The van der Waals surface area contributed by atoms with Crippen LogP contribution >= 0.6 is 0 Å². The number of hydrogen-bond acceptors (Lipinski definition) is 3. The number of rotatable bonds is 2. The first-order valence-electron chi connectivity index (χ1n) is 5.27. The Hall–Kier alpha value is -1.06. The van der Waals surface area contributed by atoms with Gasteiger partial charge in [-0.25, -0.2) is 0 Å². The van der Waals surface area contributed by atoms with E-state index in [1.54, 1.807) is 0 Å². The van der Waals surface area contributed by atoms with Crippen molar-refractivity contribution in [2.24, 2.45) is 16.6 Å². The van der Waals surface area contributed by atoms with E-state index in [1.165, 1.54) is 7.11 Å². The Kier molecular flexibility index (Phi) is 3.07. The molecule has 0 aromatic heterocycles. The lowest BCUT2D eigenvalue weighted by Crippen LogP contribution is -2.20. The summed E-state index contributed by atoms with van der Waals surface area (Å²) in [6.07, 6.45) is 4.23. The lowest BCUT2D eigenvalue weighted by molar-refractivity contribution is -0.146. The molecule has 3 N–H and O–H groups in total. The fourth-order valence-electron chi connectivity index (χ4n) is 1.09. The van der Waals surface area contributed by atoms with E-state index >= 15 is 0 Å². The van der Waals surface area contributed by atoms with Crippen molar-refractivity contribution in [2.45, 2.75) is 39.5 Å². The van der Waals surface area contributed by atoms with E-state index in [2.05, 4.69) is 4.74 Å². The Morgan fingerprint density at radius 2 is 1.60 bits per heavy atom. The standard InChI is InChI=1S/C6H10O2.C5H10N2/c1-6(3-4-6)5(7)8-2;1-5(2-3-5)4(6)7/h3-4H2,1-2H3;2-3H2,1H3,(H3,6,7). The molecule has 15 heavy (non-hydrogen) atoms. The second kappa shape index (κ2) is 3.83. The largest absolute Gasteiger partial charge is 0.469 e. The molecule has 0 bridgehead atoms.